The van der Waals surface area contributed by atoms with Crippen molar-refractivity contribution in [2.24, 2.45) is 10.9 Å². The van der Waals surface area contributed by atoms with Gasteiger partial charge in [-0.15, -0.1) is 24.0 Å². The topological polar surface area (TPSA) is 74.8 Å². The van der Waals surface area contributed by atoms with Gasteiger partial charge in [0.2, 0.25) is 5.91 Å². The molecule has 3 rings (SSSR count). The first-order valence-electron chi connectivity index (χ1n) is 9.76. The number of benzene rings is 2. The third-order valence-corrected chi connectivity index (χ3v) is 4.61. The standard InChI is InChI=1S/C22H27FN4O2.HI/c1-15-3-6-17(20(11-15)29-14-16-4-5-16)12-25-22(24-2)26-13-21(28)27-19-9-7-18(23)8-10-19;/h3,6-11,16H,4-5,12-14H2,1-2H3,(H,27,28)(H2,24,25,26);1H. The van der Waals surface area contributed by atoms with E-state index in [0.717, 1.165) is 23.5 Å². The van der Waals surface area contributed by atoms with Gasteiger partial charge in [-0.1, -0.05) is 12.1 Å². The van der Waals surface area contributed by atoms with Crippen LogP contribution in [-0.4, -0.2) is 32.1 Å². The minimum absolute atomic E-state index is 0. The van der Waals surface area contributed by atoms with Gasteiger partial charge < -0.3 is 20.7 Å². The monoisotopic (exact) mass is 526 g/mol. The van der Waals surface area contributed by atoms with E-state index in [4.69, 9.17) is 4.74 Å². The average molecular weight is 526 g/mol. The number of carbonyl (C=O) groups excluding carboxylic acids is 1. The van der Waals surface area contributed by atoms with Crippen LogP contribution in [-0.2, 0) is 11.3 Å². The number of anilines is 1. The van der Waals surface area contributed by atoms with Crippen LogP contribution < -0.4 is 20.7 Å². The molecule has 0 aromatic heterocycles. The van der Waals surface area contributed by atoms with Gasteiger partial charge in [0.15, 0.2) is 5.96 Å². The number of hydrogen-bond acceptors (Lipinski definition) is 3. The lowest BCUT2D eigenvalue weighted by atomic mass is 10.1. The zero-order valence-corrected chi connectivity index (χ0v) is 19.5. The lowest BCUT2D eigenvalue weighted by Crippen LogP contribution is -2.41. The smallest absolute Gasteiger partial charge is 0.243 e. The average Bonchev–Trinajstić information content (AvgIpc) is 3.54. The lowest BCUT2D eigenvalue weighted by Gasteiger charge is -2.15. The van der Waals surface area contributed by atoms with Crippen molar-refractivity contribution in [1.82, 2.24) is 10.6 Å². The van der Waals surface area contributed by atoms with E-state index in [1.165, 1.54) is 37.1 Å². The van der Waals surface area contributed by atoms with Crippen LogP contribution in [0.25, 0.3) is 0 Å². The maximum Gasteiger partial charge on any atom is 0.243 e. The van der Waals surface area contributed by atoms with Gasteiger partial charge in [0, 0.05) is 24.8 Å². The van der Waals surface area contributed by atoms with Crippen molar-refractivity contribution in [3.63, 3.8) is 0 Å². The summed E-state index contributed by atoms with van der Waals surface area (Å²) in [4.78, 5) is 16.2. The predicted molar refractivity (Wildman–Crippen MR) is 128 cm³/mol. The molecule has 0 heterocycles. The molecule has 2 aromatic rings. The molecule has 30 heavy (non-hydrogen) atoms. The number of nitrogens with one attached hydrogen (secondary N) is 3. The van der Waals surface area contributed by atoms with Crippen molar-refractivity contribution >= 4 is 41.5 Å². The second-order valence-corrected chi connectivity index (χ2v) is 7.20. The van der Waals surface area contributed by atoms with E-state index in [0.29, 0.717) is 24.1 Å². The van der Waals surface area contributed by atoms with Gasteiger partial charge in [0.25, 0.3) is 0 Å². The summed E-state index contributed by atoms with van der Waals surface area (Å²) in [6.45, 7) is 3.36. The van der Waals surface area contributed by atoms with Gasteiger partial charge in [0.1, 0.15) is 11.6 Å². The molecule has 162 valence electrons. The Bertz CT molecular complexity index is 870. The molecule has 0 bridgehead atoms. The quantitative estimate of drug-likeness (QED) is 0.278. The fraction of sp³-hybridized carbons (Fsp3) is 0.364. The molecule has 0 radical (unpaired) electrons. The molecule has 1 aliphatic rings. The van der Waals surface area contributed by atoms with E-state index < -0.39 is 0 Å². The van der Waals surface area contributed by atoms with Gasteiger partial charge in [-0.2, -0.15) is 0 Å². The maximum atomic E-state index is 12.9. The molecule has 0 saturated heterocycles. The van der Waals surface area contributed by atoms with E-state index in [1.807, 2.05) is 25.1 Å². The van der Waals surface area contributed by atoms with Crippen LogP contribution in [0.3, 0.4) is 0 Å². The molecule has 0 unspecified atom stereocenters. The minimum Gasteiger partial charge on any atom is -0.493 e. The SMILES string of the molecule is CN=C(NCC(=O)Nc1ccc(F)cc1)NCc1ccc(C)cc1OCC1CC1.I. The van der Waals surface area contributed by atoms with E-state index in [1.54, 1.807) is 7.05 Å². The summed E-state index contributed by atoms with van der Waals surface area (Å²) in [5, 5.41) is 8.88. The number of rotatable bonds is 8. The van der Waals surface area contributed by atoms with E-state index in [9.17, 15) is 9.18 Å². The fourth-order valence-electron chi connectivity index (χ4n) is 2.74. The number of carbonyl (C=O) groups is 1. The summed E-state index contributed by atoms with van der Waals surface area (Å²) in [6.07, 6.45) is 2.49. The molecule has 3 N–H and O–H groups in total. The van der Waals surface area contributed by atoms with E-state index >= 15 is 0 Å². The van der Waals surface area contributed by atoms with Crippen molar-refractivity contribution in [3.05, 3.63) is 59.4 Å². The Hall–Kier alpha value is -2.36. The van der Waals surface area contributed by atoms with Gasteiger partial charge in [-0.25, -0.2) is 4.39 Å². The minimum atomic E-state index is -0.345. The van der Waals surface area contributed by atoms with Gasteiger partial charge in [-0.3, -0.25) is 9.79 Å². The second kappa shape index (κ2) is 11.7. The zero-order valence-electron chi connectivity index (χ0n) is 17.2. The largest absolute Gasteiger partial charge is 0.493 e. The van der Waals surface area contributed by atoms with Crippen LogP contribution in [0.2, 0.25) is 0 Å². The number of aryl methyl sites for hydroxylation is 1. The van der Waals surface area contributed by atoms with Crippen LogP contribution in [0.5, 0.6) is 5.75 Å². The van der Waals surface area contributed by atoms with Crippen LogP contribution in [0, 0.1) is 18.7 Å². The highest BCUT2D eigenvalue weighted by molar-refractivity contribution is 14.0. The molecule has 0 atom stereocenters. The molecule has 1 amide bonds. The highest BCUT2D eigenvalue weighted by Crippen LogP contribution is 2.30. The summed E-state index contributed by atoms with van der Waals surface area (Å²) in [5.74, 6) is 1.48. The zero-order chi connectivity index (χ0) is 20.6. The molecular formula is C22H28FIN4O2. The lowest BCUT2D eigenvalue weighted by molar-refractivity contribution is -0.115. The van der Waals surface area contributed by atoms with Gasteiger partial charge >= 0.3 is 0 Å². The summed E-state index contributed by atoms with van der Waals surface area (Å²) < 4.78 is 18.9. The van der Waals surface area contributed by atoms with Crippen molar-refractivity contribution in [2.75, 3.05) is 25.5 Å². The van der Waals surface area contributed by atoms with Gasteiger partial charge in [-0.05, 0) is 61.6 Å². The van der Waals surface area contributed by atoms with Crippen molar-refractivity contribution < 1.29 is 13.9 Å². The Morgan fingerprint density at radius 3 is 2.57 bits per heavy atom. The normalized spacial score (nSPS) is 13.2. The molecule has 0 spiro atoms. The molecular weight excluding hydrogens is 498 g/mol. The maximum absolute atomic E-state index is 12.9. The number of halogens is 2. The summed E-state index contributed by atoms with van der Waals surface area (Å²) in [5.41, 5.74) is 2.73. The first-order valence-corrected chi connectivity index (χ1v) is 9.76. The van der Waals surface area contributed by atoms with Crippen molar-refractivity contribution in [3.8, 4) is 5.75 Å². The molecule has 8 heteroatoms. The third-order valence-electron chi connectivity index (χ3n) is 4.61. The first-order chi connectivity index (χ1) is 14.0. The van der Waals surface area contributed by atoms with Gasteiger partial charge in [0.05, 0.1) is 13.2 Å². The van der Waals surface area contributed by atoms with Crippen LogP contribution in [0.4, 0.5) is 10.1 Å². The van der Waals surface area contributed by atoms with E-state index in [2.05, 4.69) is 20.9 Å². The van der Waals surface area contributed by atoms with Crippen molar-refractivity contribution in [1.29, 1.82) is 0 Å². The molecule has 1 fully saturated rings. The number of aliphatic imine (C=N–C) groups is 1. The number of hydrogen-bond donors (Lipinski definition) is 3. The molecule has 1 saturated carbocycles. The highest BCUT2D eigenvalue weighted by Gasteiger charge is 2.22. The third kappa shape index (κ3) is 7.81. The Morgan fingerprint density at radius 2 is 1.90 bits per heavy atom. The number of nitrogens with zero attached hydrogens (tertiary/aromatic N) is 1. The fourth-order valence-corrected chi connectivity index (χ4v) is 2.74. The Morgan fingerprint density at radius 1 is 1.17 bits per heavy atom. The second-order valence-electron chi connectivity index (χ2n) is 7.20. The van der Waals surface area contributed by atoms with Crippen molar-refractivity contribution in [2.45, 2.75) is 26.3 Å². The number of ether oxygens (including phenoxy) is 1. The van der Waals surface area contributed by atoms with Crippen LogP contribution in [0.15, 0.2) is 47.5 Å². The molecule has 0 aliphatic heterocycles. The Labute approximate surface area is 193 Å². The summed E-state index contributed by atoms with van der Waals surface area (Å²) >= 11 is 0. The number of amides is 1. The first kappa shape index (κ1) is 23.9. The summed E-state index contributed by atoms with van der Waals surface area (Å²) in [7, 11) is 1.65. The van der Waals surface area contributed by atoms with E-state index in [-0.39, 0.29) is 42.2 Å². The predicted octanol–water partition coefficient (Wildman–Crippen LogP) is 3.84. The molecule has 6 nitrogen and oxygen atoms in total. The molecule has 2 aromatic carbocycles. The Kier molecular flexibility index (Phi) is 9.35. The van der Waals surface area contributed by atoms with Crippen LogP contribution >= 0.6 is 24.0 Å². The number of guanidine groups is 1. The molecule has 1 aliphatic carbocycles. The van der Waals surface area contributed by atoms with Crippen LogP contribution in [0.1, 0.15) is 24.0 Å². The Balaban J connectivity index is 0.00000320. The highest BCUT2D eigenvalue weighted by atomic mass is 127. The summed E-state index contributed by atoms with van der Waals surface area (Å²) in [6, 6.07) is 11.8.